The summed E-state index contributed by atoms with van der Waals surface area (Å²) in [5.74, 6) is 0. The van der Waals surface area contributed by atoms with Gasteiger partial charge in [-0.25, -0.2) is 0 Å². The van der Waals surface area contributed by atoms with Gasteiger partial charge < -0.3 is 10.6 Å². The quantitative estimate of drug-likeness (QED) is 0.807. The zero-order chi connectivity index (χ0) is 16.3. The number of nitrogens with one attached hydrogen (secondary N) is 2. The highest BCUT2D eigenvalue weighted by Gasteiger charge is 2.13. The highest BCUT2D eigenvalue weighted by Crippen LogP contribution is 2.24. The van der Waals surface area contributed by atoms with Crippen LogP contribution in [-0.2, 0) is 6.54 Å². The lowest BCUT2D eigenvalue weighted by molar-refractivity contribution is 0.659. The molecule has 2 N–H and O–H groups in total. The molecule has 0 saturated heterocycles. The summed E-state index contributed by atoms with van der Waals surface area (Å²) < 4.78 is 1.92. The van der Waals surface area contributed by atoms with Crippen LogP contribution in [0.15, 0.2) is 18.2 Å². The number of halogens is 2. The maximum atomic E-state index is 6.06. The highest BCUT2D eigenvalue weighted by molar-refractivity contribution is 7.80. The lowest BCUT2D eigenvalue weighted by Gasteiger charge is -2.10. The van der Waals surface area contributed by atoms with Crippen molar-refractivity contribution >= 4 is 46.2 Å². The van der Waals surface area contributed by atoms with Crippen molar-refractivity contribution in [3.63, 3.8) is 0 Å². The molecule has 0 spiro atoms. The SMILES string of the molecule is CCNC(=S)Nc1c(C)nn(Cc2ccc(Cl)c(Cl)c2)c1C. The Labute approximate surface area is 145 Å². The van der Waals surface area contributed by atoms with Crippen molar-refractivity contribution in [3.8, 4) is 0 Å². The molecule has 1 aromatic heterocycles. The first-order valence-electron chi connectivity index (χ1n) is 6.95. The van der Waals surface area contributed by atoms with Crippen LogP contribution < -0.4 is 10.6 Å². The topological polar surface area (TPSA) is 41.9 Å². The predicted octanol–water partition coefficient (Wildman–Crippen LogP) is 4.16. The van der Waals surface area contributed by atoms with Crippen LogP contribution in [0.4, 0.5) is 5.69 Å². The summed E-state index contributed by atoms with van der Waals surface area (Å²) in [7, 11) is 0. The normalized spacial score (nSPS) is 10.6. The summed E-state index contributed by atoms with van der Waals surface area (Å²) in [4.78, 5) is 0. The van der Waals surface area contributed by atoms with Crippen molar-refractivity contribution in [1.82, 2.24) is 15.1 Å². The molecule has 0 saturated carbocycles. The fourth-order valence-electron chi connectivity index (χ4n) is 2.16. The number of anilines is 1. The monoisotopic (exact) mass is 356 g/mol. The van der Waals surface area contributed by atoms with Crippen LogP contribution in [0, 0.1) is 13.8 Å². The van der Waals surface area contributed by atoms with Crippen LogP contribution in [0.25, 0.3) is 0 Å². The van der Waals surface area contributed by atoms with Crippen molar-refractivity contribution in [3.05, 3.63) is 45.2 Å². The molecule has 0 unspecified atom stereocenters. The minimum absolute atomic E-state index is 0.548. The van der Waals surface area contributed by atoms with Crippen LogP contribution >= 0.6 is 35.4 Å². The van der Waals surface area contributed by atoms with Gasteiger partial charge in [-0.15, -0.1) is 0 Å². The zero-order valence-corrected chi connectivity index (χ0v) is 15.0. The summed E-state index contributed by atoms with van der Waals surface area (Å²) in [5.41, 5.74) is 3.90. The summed E-state index contributed by atoms with van der Waals surface area (Å²) in [6, 6.07) is 5.60. The van der Waals surface area contributed by atoms with Crippen molar-refractivity contribution in [1.29, 1.82) is 0 Å². The molecule has 0 fully saturated rings. The van der Waals surface area contributed by atoms with E-state index >= 15 is 0 Å². The van der Waals surface area contributed by atoms with E-state index in [1.54, 1.807) is 6.07 Å². The van der Waals surface area contributed by atoms with Crippen molar-refractivity contribution in [2.24, 2.45) is 0 Å². The summed E-state index contributed by atoms with van der Waals surface area (Å²) >= 11 is 17.2. The first-order chi connectivity index (χ1) is 10.4. The molecular weight excluding hydrogens is 339 g/mol. The van der Waals surface area contributed by atoms with Crippen LogP contribution in [0.2, 0.25) is 10.0 Å². The van der Waals surface area contributed by atoms with Gasteiger partial charge in [0.2, 0.25) is 0 Å². The largest absolute Gasteiger partial charge is 0.363 e. The van der Waals surface area contributed by atoms with Gasteiger partial charge in [0.05, 0.1) is 33.7 Å². The number of benzene rings is 1. The average molecular weight is 357 g/mol. The van der Waals surface area contributed by atoms with Crippen LogP contribution in [0.3, 0.4) is 0 Å². The smallest absolute Gasteiger partial charge is 0.170 e. The number of rotatable bonds is 4. The van der Waals surface area contributed by atoms with E-state index in [2.05, 4.69) is 15.7 Å². The van der Waals surface area contributed by atoms with Gasteiger partial charge in [0.15, 0.2) is 5.11 Å². The molecule has 118 valence electrons. The van der Waals surface area contributed by atoms with Crippen LogP contribution in [0.5, 0.6) is 0 Å². The molecule has 7 heteroatoms. The molecule has 22 heavy (non-hydrogen) atoms. The molecule has 0 bridgehead atoms. The Balaban J connectivity index is 2.22. The molecule has 1 aromatic carbocycles. The number of aromatic nitrogens is 2. The molecule has 4 nitrogen and oxygen atoms in total. The van der Waals surface area contributed by atoms with Crippen LogP contribution in [-0.4, -0.2) is 21.4 Å². The molecule has 0 amide bonds. The molecular formula is C15H18Cl2N4S. The zero-order valence-electron chi connectivity index (χ0n) is 12.7. The van der Waals surface area contributed by atoms with E-state index in [1.165, 1.54) is 0 Å². The molecule has 0 aliphatic carbocycles. The maximum absolute atomic E-state index is 6.06. The Morgan fingerprint density at radius 1 is 1.27 bits per heavy atom. The molecule has 0 aliphatic heterocycles. The second kappa shape index (κ2) is 7.31. The van der Waals surface area contributed by atoms with Crippen LogP contribution in [0.1, 0.15) is 23.9 Å². The molecule has 0 radical (unpaired) electrons. The Morgan fingerprint density at radius 3 is 2.64 bits per heavy atom. The van der Waals surface area contributed by atoms with E-state index in [0.29, 0.717) is 21.7 Å². The Bertz CT molecular complexity index is 697. The van der Waals surface area contributed by atoms with Crippen molar-refractivity contribution in [2.75, 3.05) is 11.9 Å². The summed E-state index contributed by atoms with van der Waals surface area (Å²) in [6.07, 6.45) is 0. The number of thiocarbonyl (C=S) groups is 1. The molecule has 2 aromatic rings. The fourth-order valence-corrected chi connectivity index (χ4v) is 2.73. The van der Waals surface area contributed by atoms with Gasteiger partial charge in [0, 0.05) is 6.54 Å². The summed E-state index contributed by atoms with van der Waals surface area (Å²) in [5, 5.41) is 12.5. The van der Waals surface area contributed by atoms with Gasteiger partial charge in [-0.1, -0.05) is 29.3 Å². The average Bonchev–Trinajstić information content (AvgIpc) is 2.71. The van der Waals surface area contributed by atoms with E-state index in [-0.39, 0.29) is 0 Å². The highest BCUT2D eigenvalue weighted by atomic mass is 35.5. The second-order valence-corrected chi connectivity index (χ2v) is 6.16. The third kappa shape index (κ3) is 3.91. The molecule has 1 heterocycles. The van der Waals surface area contributed by atoms with Gasteiger partial charge in [0.1, 0.15) is 0 Å². The first kappa shape index (κ1) is 17.1. The van der Waals surface area contributed by atoms with Crippen molar-refractivity contribution < 1.29 is 0 Å². The van der Waals surface area contributed by atoms with Gasteiger partial charge in [-0.3, -0.25) is 4.68 Å². The standard InChI is InChI=1S/C15H18Cl2N4S/c1-4-18-15(22)19-14-9(2)20-21(10(14)3)8-11-5-6-12(16)13(17)7-11/h5-7H,4,8H2,1-3H3,(H2,18,19,22). The van der Waals surface area contributed by atoms with Gasteiger partial charge in [0.25, 0.3) is 0 Å². The minimum Gasteiger partial charge on any atom is -0.363 e. The Kier molecular flexibility index (Phi) is 5.67. The first-order valence-corrected chi connectivity index (χ1v) is 8.11. The second-order valence-electron chi connectivity index (χ2n) is 4.94. The third-order valence-electron chi connectivity index (χ3n) is 3.27. The fraction of sp³-hybridized carbons (Fsp3) is 0.333. The molecule has 2 rings (SSSR count). The van der Waals surface area contributed by atoms with E-state index in [0.717, 1.165) is 29.2 Å². The third-order valence-corrected chi connectivity index (χ3v) is 4.26. The number of hydrogen-bond donors (Lipinski definition) is 2. The lowest BCUT2D eigenvalue weighted by atomic mass is 10.2. The number of aryl methyl sites for hydroxylation is 1. The van der Waals surface area contributed by atoms with Gasteiger partial charge >= 0.3 is 0 Å². The van der Waals surface area contributed by atoms with E-state index in [4.69, 9.17) is 35.4 Å². The molecule has 0 atom stereocenters. The summed E-state index contributed by atoms with van der Waals surface area (Å²) in [6.45, 7) is 7.37. The minimum atomic E-state index is 0.548. The predicted molar refractivity (Wildman–Crippen MR) is 97.2 cm³/mol. The Morgan fingerprint density at radius 2 is 2.00 bits per heavy atom. The van der Waals surface area contributed by atoms with Crippen molar-refractivity contribution in [2.45, 2.75) is 27.3 Å². The number of nitrogens with zero attached hydrogens (tertiary/aromatic N) is 2. The maximum Gasteiger partial charge on any atom is 0.170 e. The van der Waals surface area contributed by atoms with E-state index in [9.17, 15) is 0 Å². The van der Waals surface area contributed by atoms with Gasteiger partial charge in [-0.05, 0) is 50.7 Å². The Hall–Kier alpha value is -1.30. The van der Waals surface area contributed by atoms with Gasteiger partial charge in [-0.2, -0.15) is 5.10 Å². The van der Waals surface area contributed by atoms with E-state index in [1.807, 2.05) is 37.6 Å². The van der Waals surface area contributed by atoms with E-state index < -0.39 is 0 Å². The lowest BCUT2D eigenvalue weighted by Crippen LogP contribution is -2.28. The molecule has 0 aliphatic rings. The number of hydrogen-bond acceptors (Lipinski definition) is 2.